The van der Waals surface area contributed by atoms with Gasteiger partial charge in [0.15, 0.2) is 6.17 Å². The second kappa shape index (κ2) is 6.65. The molecule has 1 aromatic carbocycles. The third-order valence-corrected chi connectivity index (χ3v) is 2.57. The van der Waals surface area contributed by atoms with Gasteiger partial charge in [0.25, 0.3) is 0 Å². The van der Waals surface area contributed by atoms with Crippen LogP contribution in [0.3, 0.4) is 0 Å². The Kier molecular flexibility index (Phi) is 5.19. The molecule has 0 heterocycles. The number of alkyl halides is 1. The van der Waals surface area contributed by atoms with E-state index in [-0.39, 0.29) is 24.8 Å². The van der Waals surface area contributed by atoms with Crippen LogP contribution < -0.4 is 0 Å². The summed E-state index contributed by atoms with van der Waals surface area (Å²) in [6.07, 6.45) is -1.42. The average Bonchev–Trinajstić information content (AvgIpc) is 2.38. The van der Waals surface area contributed by atoms with Gasteiger partial charge in [-0.25, -0.2) is 4.39 Å². The lowest BCUT2D eigenvalue weighted by molar-refractivity contribution is -0.119. The molecule has 1 unspecified atom stereocenters. The third-order valence-electron chi connectivity index (χ3n) is 2.57. The number of nitriles is 1. The number of Topliss-reactive ketones (excluding diaryl/α,β-unsaturated/α-hetero) is 2. The first-order valence-corrected chi connectivity index (χ1v) is 5.72. The summed E-state index contributed by atoms with van der Waals surface area (Å²) < 4.78 is 13.5. The molecule has 18 heavy (non-hydrogen) atoms. The van der Waals surface area contributed by atoms with E-state index in [2.05, 4.69) is 0 Å². The maximum atomic E-state index is 13.5. The minimum Gasteiger partial charge on any atom is -0.287 e. The molecular formula is C14H14FNO2. The van der Waals surface area contributed by atoms with Gasteiger partial charge in [-0.3, -0.25) is 9.59 Å². The molecule has 0 N–H and O–H groups in total. The Hall–Kier alpha value is -2.02. The molecule has 0 amide bonds. The van der Waals surface area contributed by atoms with Gasteiger partial charge >= 0.3 is 0 Å². The van der Waals surface area contributed by atoms with Gasteiger partial charge in [-0.2, -0.15) is 5.26 Å². The number of benzene rings is 1. The molecule has 0 aromatic heterocycles. The number of rotatable bonds is 6. The fraction of sp³-hybridized carbons (Fsp3) is 0.357. The highest BCUT2D eigenvalue weighted by Gasteiger charge is 2.25. The molecule has 0 aliphatic rings. The quantitative estimate of drug-likeness (QED) is 0.441. The molecule has 1 atom stereocenters. The number of carbonyl (C=O) groups excluding carboxylic acids is 2. The molecular weight excluding hydrogens is 233 g/mol. The Morgan fingerprint density at radius 3 is 2.50 bits per heavy atom. The van der Waals surface area contributed by atoms with E-state index in [0.29, 0.717) is 0 Å². The van der Waals surface area contributed by atoms with Crippen molar-refractivity contribution in [2.75, 3.05) is 0 Å². The summed E-state index contributed by atoms with van der Waals surface area (Å²) >= 11 is 0. The molecule has 0 radical (unpaired) electrons. The molecule has 0 spiro atoms. The fourth-order valence-corrected chi connectivity index (χ4v) is 1.48. The lowest BCUT2D eigenvalue weighted by Crippen LogP contribution is -2.25. The number of unbranched alkanes of at least 4 members (excludes halogenated alkanes) is 1. The monoisotopic (exact) mass is 247 g/mol. The van der Waals surface area contributed by atoms with Crippen molar-refractivity contribution < 1.29 is 14.0 Å². The first-order chi connectivity index (χ1) is 8.56. The van der Waals surface area contributed by atoms with Crippen LogP contribution in [0.15, 0.2) is 24.3 Å². The summed E-state index contributed by atoms with van der Waals surface area (Å²) in [4.78, 5) is 23.2. The second-order valence-electron chi connectivity index (χ2n) is 4.08. The van der Waals surface area contributed by atoms with Crippen LogP contribution in [0.25, 0.3) is 0 Å². The Morgan fingerprint density at radius 1 is 1.33 bits per heavy atom. The van der Waals surface area contributed by atoms with E-state index < -0.39 is 17.7 Å². The van der Waals surface area contributed by atoms with Crippen LogP contribution in [0.4, 0.5) is 4.39 Å². The minimum absolute atomic E-state index is 0.0794. The summed E-state index contributed by atoms with van der Waals surface area (Å²) in [5, 5.41) is 8.31. The van der Waals surface area contributed by atoms with E-state index in [1.165, 1.54) is 12.1 Å². The van der Waals surface area contributed by atoms with E-state index in [9.17, 15) is 14.0 Å². The van der Waals surface area contributed by atoms with E-state index in [1.54, 1.807) is 12.1 Å². The Bertz CT molecular complexity index is 474. The predicted molar refractivity (Wildman–Crippen MR) is 64.9 cm³/mol. The van der Waals surface area contributed by atoms with Crippen LogP contribution in [0.1, 0.15) is 35.2 Å². The van der Waals surface area contributed by atoms with Crippen molar-refractivity contribution in [3.63, 3.8) is 0 Å². The third kappa shape index (κ3) is 3.77. The zero-order valence-corrected chi connectivity index (χ0v) is 10.1. The van der Waals surface area contributed by atoms with Crippen LogP contribution in [0, 0.1) is 18.3 Å². The topological polar surface area (TPSA) is 57.9 Å². The lowest BCUT2D eigenvalue weighted by Gasteiger charge is -2.05. The number of hydrogen-bond donors (Lipinski definition) is 0. The van der Waals surface area contributed by atoms with Gasteiger partial charge in [-0.1, -0.05) is 29.8 Å². The number of hydrogen-bond acceptors (Lipinski definition) is 3. The Labute approximate surface area is 105 Å². The van der Waals surface area contributed by atoms with E-state index in [0.717, 1.165) is 5.56 Å². The normalized spacial score (nSPS) is 11.6. The van der Waals surface area contributed by atoms with Gasteiger partial charge in [0.2, 0.25) is 11.6 Å². The van der Waals surface area contributed by atoms with Crippen molar-refractivity contribution in [2.45, 2.75) is 32.4 Å². The molecule has 0 fully saturated rings. The number of nitrogens with zero attached hydrogens (tertiary/aromatic N) is 1. The number of carbonyl (C=O) groups is 2. The highest BCUT2D eigenvalue weighted by molar-refractivity contribution is 6.45. The first kappa shape index (κ1) is 14.0. The van der Waals surface area contributed by atoms with Crippen molar-refractivity contribution in [1.29, 1.82) is 5.26 Å². The van der Waals surface area contributed by atoms with Gasteiger partial charge in [0, 0.05) is 12.0 Å². The first-order valence-electron chi connectivity index (χ1n) is 5.72. The molecule has 0 bridgehead atoms. The summed E-state index contributed by atoms with van der Waals surface area (Å²) in [5.74, 6) is -1.84. The van der Waals surface area contributed by atoms with Crippen molar-refractivity contribution in [3.8, 4) is 6.07 Å². The van der Waals surface area contributed by atoms with Crippen LogP contribution in [0.2, 0.25) is 0 Å². The summed E-state index contributed by atoms with van der Waals surface area (Å²) in [7, 11) is 0. The standard InChI is InChI=1S/C14H14FNO2/c1-10-5-7-11(8-6-10)13(17)14(18)12(15)4-2-3-9-16/h5-8,12H,2-4H2,1H3. The van der Waals surface area contributed by atoms with Crippen LogP contribution in [-0.4, -0.2) is 17.7 Å². The van der Waals surface area contributed by atoms with Gasteiger partial charge in [0.05, 0.1) is 6.07 Å². The fourth-order valence-electron chi connectivity index (χ4n) is 1.48. The summed E-state index contributed by atoms with van der Waals surface area (Å²) in [6, 6.07) is 8.28. The Balaban J connectivity index is 2.64. The summed E-state index contributed by atoms with van der Waals surface area (Å²) in [6.45, 7) is 1.86. The van der Waals surface area contributed by atoms with Crippen LogP contribution >= 0.6 is 0 Å². The molecule has 1 rings (SSSR count). The zero-order valence-electron chi connectivity index (χ0n) is 10.1. The maximum Gasteiger partial charge on any atom is 0.237 e. The predicted octanol–water partition coefficient (Wildman–Crippen LogP) is 2.78. The van der Waals surface area contributed by atoms with E-state index in [4.69, 9.17) is 5.26 Å². The molecule has 94 valence electrons. The van der Waals surface area contributed by atoms with E-state index in [1.807, 2.05) is 13.0 Å². The van der Waals surface area contributed by atoms with Crippen LogP contribution in [-0.2, 0) is 4.79 Å². The second-order valence-corrected chi connectivity index (χ2v) is 4.08. The molecule has 0 saturated carbocycles. The van der Waals surface area contributed by atoms with Crippen molar-refractivity contribution in [3.05, 3.63) is 35.4 Å². The van der Waals surface area contributed by atoms with Crippen molar-refractivity contribution in [2.24, 2.45) is 0 Å². The Morgan fingerprint density at radius 2 is 1.94 bits per heavy atom. The smallest absolute Gasteiger partial charge is 0.237 e. The average molecular weight is 247 g/mol. The lowest BCUT2D eigenvalue weighted by atomic mass is 10.0. The summed E-state index contributed by atoms with van der Waals surface area (Å²) in [5.41, 5.74) is 1.17. The minimum atomic E-state index is -1.81. The van der Waals surface area contributed by atoms with Gasteiger partial charge in [-0.05, 0) is 19.8 Å². The van der Waals surface area contributed by atoms with Gasteiger partial charge in [-0.15, -0.1) is 0 Å². The zero-order chi connectivity index (χ0) is 13.5. The SMILES string of the molecule is Cc1ccc(C(=O)C(=O)C(F)CCCC#N)cc1. The van der Waals surface area contributed by atoms with Crippen LogP contribution in [0.5, 0.6) is 0 Å². The highest BCUT2D eigenvalue weighted by Crippen LogP contribution is 2.11. The molecule has 0 aliphatic heterocycles. The number of aryl methyl sites for hydroxylation is 1. The highest BCUT2D eigenvalue weighted by atomic mass is 19.1. The molecule has 3 nitrogen and oxygen atoms in total. The van der Waals surface area contributed by atoms with Crippen molar-refractivity contribution >= 4 is 11.6 Å². The maximum absolute atomic E-state index is 13.5. The number of halogens is 1. The van der Waals surface area contributed by atoms with Crippen molar-refractivity contribution in [1.82, 2.24) is 0 Å². The van der Waals surface area contributed by atoms with Gasteiger partial charge in [0.1, 0.15) is 0 Å². The van der Waals surface area contributed by atoms with E-state index >= 15 is 0 Å². The molecule has 0 aliphatic carbocycles. The molecule has 4 heteroatoms. The van der Waals surface area contributed by atoms with Gasteiger partial charge < -0.3 is 0 Å². The largest absolute Gasteiger partial charge is 0.287 e. The molecule has 0 saturated heterocycles. The molecule has 1 aromatic rings. The number of ketones is 2.